The molecule has 1 unspecified atom stereocenters. The molecule has 0 aliphatic carbocycles. The van der Waals surface area contributed by atoms with Gasteiger partial charge in [-0.25, -0.2) is 0 Å². The smallest absolute Gasteiger partial charge is 0.0978 e. The highest BCUT2D eigenvalue weighted by Gasteiger charge is 2.60. The number of aliphatic hydroxyl groups is 1. The molecule has 0 aromatic carbocycles. The van der Waals surface area contributed by atoms with Crippen LogP contribution in [0.2, 0.25) is 0 Å². The molecule has 0 amide bonds. The fraction of sp³-hybridized carbons (Fsp3) is 0.733. The van der Waals surface area contributed by atoms with Crippen molar-refractivity contribution < 1.29 is 9.84 Å². The third-order valence-electron chi connectivity index (χ3n) is 4.59. The van der Waals surface area contributed by atoms with E-state index in [4.69, 9.17) is 4.74 Å². The summed E-state index contributed by atoms with van der Waals surface area (Å²) >= 11 is 0. The fourth-order valence-electron chi connectivity index (χ4n) is 3.48. The van der Waals surface area contributed by atoms with Crippen LogP contribution in [0.3, 0.4) is 0 Å². The van der Waals surface area contributed by atoms with Crippen LogP contribution in [0.5, 0.6) is 0 Å². The lowest BCUT2D eigenvalue weighted by atomic mass is 9.63. The molecule has 1 N–H and O–H groups in total. The number of rotatable bonds is 3. The number of hydrogen-bond donors (Lipinski definition) is 1. The van der Waals surface area contributed by atoms with Crippen LogP contribution in [0.4, 0.5) is 0 Å². The van der Waals surface area contributed by atoms with Gasteiger partial charge in [0, 0.05) is 5.41 Å². The first-order valence-corrected chi connectivity index (χ1v) is 6.47. The predicted octanol–water partition coefficient (Wildman–Crippen LogP) is 3.07. The largest absolute Gasteiger partial charge is 0.382 e. The molecule has 2 nitrogen and oxygen atoms in total. The summed E-state index contributed by atoms with van der Waals surface area (Å²) in [6, 6.07) is 0. The monoisotopic (exact) mass is 236 g/mol. The lowest BCUT2D eigenvalue weighted by Crippen LogP contribution is -2.45. The van der Waals surface area contributed by atoms with Crippen LogP contribution in [-0.2, 0) is 4.74 Å². The Bertz CT molecular complexity index is 354. The Balaban J connectivity index is 2.31. The molecular weight excluding hydrogens is 212 g/mol. The van der Waals surface area contributed by atoms with Gasteiger partial charge in [0.25, 0.3) is 0 Å². The minimum atomic E-state index is -0.950. The zero-order valence-corrected chi connectivity index (χ0v) is 11.4. The molecule has 4 atom stereocenters. The molecule has 0 aromatic heterocycles. The SMILES string of the molecule is C=CC(C)(O)/C=C/[C@]12O[C@H](C[C@H]1C)CC2(C)C. The highest BCUT2D eigenvalue weighted by Crippen LogP contribution is 2.58. The Morgan fingerprint density at radius 1 is 1.47 bits per heavy atom. The van der Waals surface area contributed by atoms with E-state index in [1.54, 1.807) is 13.0 Å². The molecule has 0 spiro atoms. The highest BCUT2D eigenvalue weighted by atomic mass is 16.5. The van der Waals surface area contributed by atoms with Crippen LogP contribution in [0, 0.1) is 11.3 Å². The molecule has 0 radical (unpaired) electrons. The Labute approximate surface area is 104 Å². The predicted molar refractivity (Wildman–Crippen MR) is 69.7 cm³/mol. The van der Waals surface area contributed by atoms with Crippen LogP contribution in [0.15, 0.2) is 24.8 Å². The lowest BCUT2D eigenvalue weighted by molar-refractivity contribution is -0.0183. The number of hydrogen-bond acceptors (Lipinski definition) is 2. The summed E-state index contributed by atoms with van der Waals surface area (Å²) in [6.45, 7) is 12.2. The normalized spacial score (nSPS) is 42.9. The number of ether oxygens (including phenoxy) is 1. The third kappa shape index (κ3) is 1.88. The minimum absolute atomic E-state index is 0.142. The minimum Gasteiger partial charge on any atom is -0.382 e. The van der Waals surface area contributed by atoms with Crippen molar-refractivity contribution in [2.45, 2.75) is 57.8 Å². The Morgan fingerprint density at radius 3 is 2.59 bits per heavy atom. The molecule has 2 fully saturated rings. The third-order valence-corrected chi connectivity index (χ3v) is 4.59. The van der Waals surface area contributed by atoms with Gasteiger partial charge in [0.2, 0.25) is 0 Å². The van der Waals surface area contributed by atoms with Crippen molar-refractivity contribution in [1.82, 2.24) is 0 Å². The van der Waals surface area contributed by atoms with Gasteiger partial charge in [-0.2, -0.15) is 0 Å². The first-order chi connectivity index (χ1) is 7.72. The molecule has 2 rings (SSSR count). The van der Waals surface area contributed by atoms with Crippen LogP contribution in [0.25, 0.3) is 0 Å². The van der Waals surface area contributed by atoms with Crippen LogP contribution in [-0.4, -0.2) is 22.4 Å². The van der Waals surface area contributed by atoms with E-state index in [1.807, 2.05) is 6.08 Å². The van der Waals surface area contributed by atoms with Crippen molar-refractivity contribution in [3.63, 3.8) is 0 Å². The summed E-state index contributed by atoms with van der Waals surface area (Å²) < 4.78 is 6.20. The summed E-state index contributed by atoms with van der Waals surface area (Å²) in [5.41, 5.74) is -1.03. The summed E-state index contributed by atoms with van der Waals surface area (Å²) in [6.07, 6.45) is 8.08. The second-order valence-corrected chi connectivity index (χ2v) is 6.52. The van der Waals surface area contributed by atoms with Gasteiger partial charge in [-0.15, -0.1) is 0 Å². The molecule has 2 bridgehead atoms. The first-order valence-electron chi connectivity index (χ1n) is 6.47. The van der Waals surface area contributed by atoms with E-state index < -0.39 is 5.60 Å². The van der Waals surface area contributed by atoms with E-state index >= 15 is 0 Å². The summed E-state index contributed by atoms with van der Waals surface area (Å²) in [4.78, 5) is 0. The topological polar surface area (TPSA) is 29.5 Å². The van der Waals surface area contributed by atoms with Gasteiger partial charge in [-0.1, -0.05) is 45.6 Å². The van der Waals surface area contributed by atoms with Gasteiger partial charge in [-0.3, -0.25) is 0 Å². The second kappa shape index (κ2) is 3.69. The van der Waals surface area contributed by atoms with Crippen LogP contribution >= 0.6 is 0 Å². The molecule has 2 aliphatic rings. The van der Waals surface area contributed by atoms with E-state index in [1.165, 1.54) is 0 Å². The summed E-state index contributed by atoms with van der Waals surface area (Å²) in [5.74, 6) is 0.508. The zero-order chi connectivity index (χ0) is 12.9. The molecule has 0 aromatic rings. The molecule has 0 saturated carbocycles. The van der Waals surface area contributed by atoms with Gasteiger partial charge >= 0.3 is 0 Å². The lowest BCUT2D eigenvalue weighted by Gasteiger charge is -2.41. The van der Waals surface area contributed by atoms with Crippen molar-refractivity contribution in [3.05, 3.63) is 24.8 Å². The van der Waals surface area contributed by atoms with E-state index in [0.29, 0.717) is 12.0 Å². The van der Waals surface area contributed by atoms with Crippen molar-refractivity contribution in [3.8, 4) is 0 Å². The number of fused-ring (bicyclic) bond motifs is 2. The van der Waals surface area contributed by atoms with Crippen LogP contribution < -0.4 is 0 Å². The maximum atomic E-state index is 10.0. The average molecular weight is 236 g/mol. The maximum absolute atomic E-state index is 10.0. The quantitative estimate of drug-likeness (QED) is 0.763. The first kappa shape index (κ1) is 12.8. The maximum Gasteiger partial charge on any atom is 0.0978 e. The molecule has 17 heavy (non-hydrogen) atoms. The van der Waals surface area contributed by atoms with Gasteiger partial charge in [-0.05, 0) is 25.7 Å². The zero-order valence-electron chi connectivity index (χ0n) is 11.4. The van der Waals surface area contributed by atoms with Gasteiger partial charge in [0.1, 0.15) is 0 Å². The van der Waals surface area contributed by atoms with E-state index in [-0.39, 0.29) is 11.0 Å². The van der Waals surface area contributed by atoms with Crippen molar-refractivity contribution in [2.75, 3.05) is 0 Å². The van der Waals surface area contributed by atoms with E-state index in [2.05, 4.69) is 33.4 Å². The summed E-state index contributed by atoms with van der Waals surface area (Å²) in [7, 11) is 0. The van der Waals surface area contributed by atoms with E-state index in [0.717, 1.165) is 12.8 Å². The Kier molecular flexibility index (Phi) is 2.79. The standard InChI is InChI=1S/C15H24O2/c1-6-14(5,16)7-8-15-11(2)9-12(17-15)10-13(15,3)4/h6-8,11-12,16H,1,9-10H2,2-5H3/b8-7+/t11-,12-,14?,15+/m1/s1. The Morgan fingerprint density at radius 2 is 2.12 bits per heavy atom. The Hall–Kier alpha value is -0.600. The van der Waals surface area contributed by atoms with Crippen molar-refractivity contribution in [2.24, 2.45) is 11.3 Å². The van der Waals surface area contributed by atoms with Crippen molar-refractivity contribution >= 4 is 0 Å². The average Bonchev–Trinajstić information content (AvgIpc) is 2.64. The van der Waals surface area contributed by atoms with Gasteiger partial charge in [0.05, 0.1) is 17.3 Å². The fourth-order valence-corrected chi connectivity index (χ4v) is 3.48. The van der Waals surface area contributed by atoms with Gasteiger partial charge < -0.3 is 9.84 Å². The second-order valence-electron chi connectivity index (χ2n) is 6.52. The molecule has 96 valence electrons. The molecule has 2 heteroatoms. The van der Waals surface area contributed by atoms with Gasteiger partial charge in [0.15, 0.2) is 0 Å². The van der Waals surface area contributed by atoms with Crippen LogP contribution in [0.1, 0.15) is 40.5 Å². The molecule has 2 heterocycles. The van der Waals surface area contributed by atoms with Crippen molar-refractivity contribution in [1.29, 1.82) is 0 Å². The van der Waals surface area contributed by atoms with E-state index in [9.17, 15) is 5.11 Å². The molecular formula is C15H24O2. The highest BCUT2D eigenvalue weighted by molar-refractivity contribution is 5.23. The molecule has 2 saturated heterocycles. The summed E-state index contributed by atoms with van der Waals surface area (Å²) in [5, 5.41) is 10.0. The molecule has 2 aliphatic heterocycles.